The van der Waals surface area contributed by atoms with Gasteiger partial charge in [0.05, 0.1) is 19.8 Å². The van der Waals surface area contributed by atoms with Crippen LogP contribution in [0.25, 0.3) is 22.3 Å². The fourth-order valence-electron chi connectivity index (χ4n) is 5.32. The van der Waals surface area contributed by atoms with Crippen molar-refractivity contribution in [2.45, 2.75) is 82.5 Å². The molecule has 0 radical (unpaired) electrons. The van der Waals surface area contributed by atoms with E-state index in [4.69, 9.17) is 28.1 Å². The zero-order chi connectivity index (χ0) is 33.4. The highest BCUT2D eigenvalue weighted by atomic mass is 16.8. The summed E-state index contributed by atoms with van der Waals surface area (Å²) in [6, 6.07) is 7.42. The number of allylic oxidation sites excluding steroid dienone is 2. The molecule has 2 saturated heterocycles. The predicted molar refractivity (Wildman–Crippen MR) is 161 cm³/mol. The highest BCUT2D eigenvalue weighted by Crippen LogP contribution is 2.40. The van der Waals surface area contributed by atoms with Gasteiger partial charge in [-0.15, -0.1) is 0 Å². The Labute approximate surface area is 263 Å². The number of aromatic hydroxyl groups is 2. The minimum absolute atomic E-state index is 0.0920. The number of hydrogen-bond donors (Lipinski definition) is 7. The number of hydrogen-bond acceptors (Lipinski definition) is 14. The Kier molecular flexibility index (Phi) is 9.91. The summed E-state index contributed by atoms with van der Waals surface area (Å²) in [5, 5.41) is 73.3. The van der Waals surface area contributed by atoms with Crippen molar-refractivity contribution in [1.82, 2.24) is 0 Å². The first kappa shape index (κ1) is 33.6. The van der Waals surface area contributed by atoms with Gasteiger partial charge in [0, 0.05) is 17.2 Å². The Bertz CT molecular complexity index is 1630. The van der Waals surface area contributed by atoms with Gasteiger partial charge in [-0.1, -0.05) is 11.6 Å². The molecule has 46 heavy (non-hydrogen) atoms. The fraction of sp³-hybridized carbons (Fsp3) is 0.469. The van der Waals surface area contributed by atoms with Gasteiger partial charge in [0.25, 0.3) is 0 Å². The number of rotatable bonds is 8. The average Bonchev–Trinajstić information content (AvgIpc) is 3.02. The van der Waals surface area contributed by atoms with Crippen LogP contribution < -0.4 is 14.9 Å². The number of aliphatic hydroxyl groups excluding tert-OH is 5. The van der Waals surface area contributed by atoms with Crippen molar-refractivity contribution in [3.63, 3.8) is 0 Å². The SMILES string of the molecule is COc1ccc(-c2oc3c(CC=C(C)C)c(O)cc(O)c3c(=O)c2O[C@H]2O[C@@H](C)[C@H](O)[C@H](O)[C@@H]2O[C@H]2OC[C@H](O)[C@H](O)[C@@H]2O)cc1. The lowest BCUT2D eigenvalue weighted by Crippen LogP contribution is -2.62. The largest absolute Gasteiger partial charge is 0.507 e. The number of ether oxygens (including phenoxy) is 5. The first-order valence-electron chi connectivity index (χ1n) is 14.6. The molecule has 9 atom stereocenters. The normalized spacial score (nSPS) is 29.8. The molecule has 3 heterocycles. The lowest BCUT2D eigenvalue weighted by Gasteiger charge is -2.44. The number of aliphatic hydroxyl groups is 5. The third-order valence-corrected chi connectivity index (χ3v) is 8.01. The van der Waals surface area contributed by atoms with Crippen LogP contribution in [-0.4, -0.2) is 105 Å². The van der Waals surface area contributed by atoms with Gasteiger partial charge in [-0.2, -0.15) is 0 Å². The summed E-state index contributed by atoms with van der Waals surface area (Å²) in [5.74, 6) is -0.982. The molecule has 5 rings (SSSR count). The Hall–Kier alpha value is -3.73. The van der Waals surface area contributed by atoms with Gasteiger partial charge in [-0.3, -0.25) is 4.79 Å². The average molecular weight is 647 g/mol. The van der Waals surface area contributed by atoms with E-state index in [0.717, 1.165) is 11.6 Å². The topological polar surface area (TPSA) is 218 Å². The molecule has 0 spiro atoms. The summed E-state index contributed by atoms with van der Waals surface area (Å²) in [7, 11) is 1.48. The fourth-order valence-corrected chi connectivity index (χ4v) is 5.32. The van der Waals surface area contributed by atoms with Crippen LogP contribution in [0.2, 0.25) is 0 Å². The van der Waals surface area contributed by atoms with Crippen LogP contribution in [0.3, 0.4) is 0 Å². The Balaban J connectivity index is 1.65. The second kappa shape index (κ2) is 13.6. The van der Waals surface area contributed by atoms with E-state index < -0.39 is 78.8 Å². The maximum atomic E-state index is 14.2. The summed E-state index contributed by atoms with van der Waals surface area (Å²) in [6.45, 7) is 4.76. The first-order chi connectivity index (χ1) is 21.8. The molecule has 250 valence electrons. The van der Waals surface area contributed by atoms with Crippen LogP contribution in [0.4, 0.5) is 0 Å². The molecule has 3 aromatic rings. The Morgan fingerprint density at radius 2 is 1.65 bits per heavy atom. The molecule has 14 heteroatoms. The molecular weight excluding hydrogens is 608 g/mol. The first-order valence-corrected chi connectivity index (χ1v) is 14.6. The minimum atomic E-state index is -1.75. The van der Waals surface area contributed by atoms with Gasteiger partial charge in [-0.25, -0.2) is 0 Å². The number of methoxy groups -OCH3 is 1. The molecular formula is C32H38O14. The molecule has 0 bridgehead atoms. The Morgan fingerprint density at radius 3 is 2.30 bits per heavy atom. The summed E-state index contributed by atoms with van der Waals surface area (Å²) >= 11 is 0. The molecule has 14 nitrogen and oxygen atoms in total. The maximum absolute atomic E-state index is 14.2. The number of fused-ring (bicyclic) bond motifs is 1. The van der Waals surface area contributed by atoms with E-state index in [0.29, 0.717) is 11.3 Å². The number of phenols is 2. The van der Waals surface area contributed by atoms with Crippen LogP contribution in [0.1, 0.15) is 26.3 Å². The third kappa shape index (κ3) is 6.43. The van der Waals surface area contributed by atoms with E-state index in [2.05, 4.69) is 0 Å². The lowest BCUT2D eigenvalue weighted by atomic mass is 9.99. The summed E-state index contributed by atoms with van der Waals surface area (Å²) < 4.78 is 34.5. The molecule has 1 aromatic heterocycles. The van der Waals surface area contributed by atoms with Crippen molar-refractivity contribution in [3.05, 3.63) is 57.8 Å². The lowest BCUT2D eigenvalue weighted by molar-refractivity contribution is -0.341. The van der Waals surface area contributed by atoms with Crippen LogP contribution in [-0.2, 0) is 20.6 Å². The van der Waals surface area contributed by atoms with Crippen LogP contribution in [0.15, 0.2) is 51.2 Å². The third-order valence-electron chi connectivity index (χ3n) is 8.01. The summed E-state index contributed by atoms with van der Waals surface area (Å²) in [6.07, 6.45) is -11.9. The van der Waals surface area contributed by atoms with E-state index in [9.17, 15) is 40.5 Å². The van der Waals surface area contributed by atoms with Crippen molar-refractivity contribution < 1.29 is 63.8 Å². The summed E-state index contributed by atoms with van der Waals surface area (Å²) in [5.41, 5.74) is 0.550. The van der Waals surface area contributed by atoms with Gasteiger partial charge in [0.2, 0.25) is 17.5 Å². The van der Waals surface area contributed by atoms with Crippen molar-refractivity contribution >= 4 is 11.0 Å². The highest BCUT2D eigenvalue weighted by molar-refractivity contribution is 5.91. The second-order valence-corrected chi connectivity index (χ2v) is 11.6. The van der Waals surface area contributed by atoms with Gasteiger partial charge < -0.3 is 63.8 Å². The number of benzene rings is 2. The summed E-state index contributed by atoms with van der Waals surface area (Å²) in [4.78, 5) is 14.2. The molecule has 2 aromatic carbocycles. The molecule has 2 aliphatic rings. The van der Waals surface area contributed by atoms with Gasteiger partial charge in [0.15, 0.2) is 18.2 Å². The van der Waals surface area contributed by atoms with Crippen LogP contribution in [0, 0.1) is 0 Å². The zero-order valence-electron chi connectivity index (χ0n) is 25.6. The molecule has 2 fully saturated rings. The van der Waals surface area contributed by atoms with E-state index >= 15 is 0 Å². The monoisotopic (exact) mass is 646 g/mol. The predicted octanol–water partition coefficient (Wildman–Crippen LogP) is 1.06. The number of phenolic OH excluding ortho intramolecular Hbond substituents is 2. The van der Waals surface area contributed by atoms with E-state index in [1.807, 2.05) is 19.9 Å². The van der Waals surface area contributed by atoms with E-state index in [1.54, 1.807) is 24.3 Å². The van der Waals surface area contributed by atoms with Gasteiger partial charge >= 0.3 is 0 Å². The molecule has 0 aliphatic carbocycles. The minimum Gasteiger partial charge on any atom is -0.507 e. The van der Waals surface area contributed by atoms with Crippen molar-refractivity contribution in [1.29, 1.82) is 0 Å². The highest BCUT2D eigenvalue weighted by Gasteiger charge is 2.49. The van der Waals surface area contributed by atoms with E-state index in [1.165, 1.54) is 14.0 Å². The van der Waals surface area contributed by atoms with Crippen molar-refractivity contribution in [3.8, 4) is 34.3 Å². The smallest absolute Gasteiger partial charge is 0.239 e. The van der Waals surface area contributed by atoms with Crippen LogP contribution >= 0.6 is 0 Å². The molecule has 0 amide bonds. The molecule has 2 aliphatic heterocycles. The van der Waals surface area contributed by atoms with Gasteiger partial charge in [-0.05, 0) is 51.5 Å². The zero-order valence-corrected chi connectivity index (χ0v) is 25.6. The quantitative estimate of drug-likeness (QED) is 0.170. The van der Waals surface area contributed by atoms with Crippen molar-refractivity contribution in [2.24, 2.45) is 0 Å². The van der Waals surface area contributed by atoms with E-state index in [-0.39, 0.29) is 34.5 Å². The maximum Gasteiger partial charge on any atom is 0.239 e. The molecule has 0 saturated carbocycles. The second-order valence-electron chi connectivity index (χ2n) is 11.6. The standard InChI is InChI=1S/C32H38O14/c1-13(2)5-10-17-18(33)11-19(34)21-24(38)29(27(44-28(17)21)15-6-8-16(41-4)9-7-15)45-32-30(25(39)22(36)14(3)43-32)46-31-26(40)23(37)20(35)12-42-31/h5-9,11,14,20,22-23,25-26,30-37,39-40H,10,12H2,1-4H3/t14-,20-,22-,23-,25-,26-,30-,31+,32+/m0/s1. The van der Waals surface area contributed by atoms with Gasteiger partial charge in [0.1, 0.15) is 58.7 Å². The van der Waals surface area contributed by atoms with Crippen LogP contribution in [0.5, 0.6) is 23.0 Å². The molecule has 7 N–H and O–H groups in total. The molecule has 0 unspecified atom stereocenters. The van der Waals surface area contributed by atoms with Crippen molar-refractivity contribution in [2.75, 3.05) is 13.7 Å². The Morgan fingerprint density at radius 1 is 0.957 bits per heavy atom.